The first-order valence-corrected chi connectivity index (χ1v) is 6.82. The van der Waals surface area contributed by atoms with Crippen LogP contribution >= 0.6 is 0 Å². The Bertz CT molecular complexity index is 379. The minimum Gasteiger partial charge on any atom is -0.497 e. The van der Waals surface area contributed by atoms with Crippen LogP contribution in [0.25, 0.3) is 0 Å². The first-order valence-electron chi connectivity index (χ1n) is 6.82. The van der Waals surface area contributed by atoms with Crippen LogP contribution < -0.4 is 10.1 Å². The summed E-state index contributed by atoms with van der Waals surface area (Å²) in [5.74, 6) is 0.805. The van der Waals surface area contributed by atoms with E-state index in [4.69, 9.17) is 9.47 Å². The van der Waals surface area contributed by atoms with Crippen LogP contribution in [0, 0.1) is 0 Å². The first-order chi connectivity index (χ1) is 9.24. The van der Waals surface area contributed by atoms with Crippen LogP contribution in [0.15, 0.2) is 24.3 Å². The second-order valence-corrected chi connectivity index (χ2v) is 5.01. The lowest BCUT2D eigenvalue weighted by molar-refractivity contribution is 0.0780. The SMILES string of the molecule is COc1ccc(C(O)CNC2CCCC2OC)cc1. The zero-order valence-electron chi connectivity index (χ0n) is 11.6. The number of aliphatic hydroxyl groups excluding tert-OH is 1. The van der Waals surface area contributed by atoms with E-state index in [0.717, 1.165) is 24.2 Å². The van der Waals surface area contributed by atoms with Gasteiger partial charge < -0.3 is 19.9 Å². The van der Waals surface area contributed by atoms with Crippen molar-refractivity contribution in [2.75, 3.05) is 20.8 Å². The molecule has 1 aromatic rings. The molecule has 1 saturated carbocycles. The Morgan fingerprint density at radius 1 is 1.26 bits per heavy atom. The van der Waals surface area contributed by atoms with E-state index in [1.807, 2.05) is 24.3 Å². The Kier molecular flexibility index (Phi) is 5.19. The van der Waals surface area contributed by atoms with Crippen molar-refractivity contribution in [1.29, 1.82) is 0 Å². The zero-order chi connectivity index (χ0) is 13.7. The summed E-state index contributed by atoms with van der Waals surface area (Å²) >= 11 is 0. The molecule has 1 aliphatic rings. The van der Waals surface area contributed by atoms with Crippen molar-refractivity contribution in [1.82, 2.24) is 5.32 Å². The van der Waals surface area contributed by atoms with Gasteiger partial charge in [-0.1, -0.05) is 12.1 Å². The smallest absolute Gasteiger partial charge is 0.118 e. The maximum Gasteiger partial charge on any atom is 0.118 e. The van der Waals surface area contributed by atoms with E-state index >= 15 is 0 Å². The predicted molar refractivity (Wildman–Crippen MR) is 74.4 cm³/mol. The molecule has 0 radical (unpaired) electrons. The summed E-state index contributed by atoms with van der Waals surface area (Å²) in [5.41, 5.74) is 0.903. The van der Waals surface area contributed by atoms with E-state index in [9.17, 15) is 5.11 Å². The Labute approximate surface area is 114 Å². The lowest BCUT2D eigenvalue weighted by Gasteiger charge is -2.21. The number of ether oxygens (including phenoxy) is 2. The second-order valence-electron chi connectivity index (χ2n) is 5.01. The number of aliphatic hydroxyl groups is 1. The van der Waals surface area contributed by atoms with Crippen LogP contribution in [-0.2, 0) is 4.74 Å². The summed E-state index contributed by atoms with van der Waals surface area (Å²) in [4.78, 5) is 0. The normalized spacial score (nSPS) is 24.4. The molecule has 0 amide bonds. The molecule has 4 nitrogen and oxygen atoms in total. The Morgan fingerprint density at radius 3 is 2.63 bits per heavy atom. The highest BCUT2D eigenvalue weighted by molar-refractivity contribution is 5.28. The lowest BCUT2D eigenvalue weighted by atomic mass is 10.1. The average molecular weight is 265 g/mol. The van der Waals surface area contributed by atoms with Gasteiger partial charge in [0, 0.05) is 19.7 Å². The highest BCUT2D eigenvalue weighted by Crippen LogP contribution is 2.22. The largest absolute Gasteiger partial charge is 0.497 e. The molecule has 1 aliphatic carbocycles. The first kappa shape index (κ1) is 14.3. The minimum absolute atomic E-state index is 0.281. The molecule has 106 valence electrons. The number of nitrogens with one attached hydrogen (secondary N) is 1. The van der Waals surface area contributed by atoms with E-state index in [1.54, 1.807) is 14.2 Å². The molecule has 0 spiro atoms. The van der Waals surface area contributed by atoms with Gasteiger partial charge in [0.15, 0.2) is 0 Å². The van der Waals surface area contributed by atoms with Gasteiger partial charge >= 0.3 is 0 Å². The van der Waals surface area contributed by atoms with Gasteiger partial charge in [0.05, 0.1) is 19.3 Å². The molecule has 0 saturated heterocycles. The topological polar surface area (TPSA) is 50.7 Å². The monoisotopic (exact) mass is 265 g/mol. The molecule has 0 aliphatic heterocycles. The zero-order valence-corrected chi connectivity index (χ0v) is 11.6. The molecule has 3 unspecified atom stereocenters. The van der Waals surface area contributed by atoms with Gasteiger partial charge in [-0.15, -0.1) is 0 Å². The molecule has 4 heteroatoms. The van der Waals surface area contributed by atoms with E-state index in [0.29, 0.717) is 12.6 Å². The highest BCUT2D eigenvalue weighted by Gasteiger charge is 2.27. The van der Waals surface area contributed by atoms with Crippen LogP contribution in [-0.4, -0.2) is 38.0 Å². The molecule has 0 bridgehead atoms. The summed E-state index contributed by atoms with van der Waals surface area (Å²) in [7, 11) is 3.39. The fourth-order valence-corrected chi connectivity index (χ4v) is 2.65. The molecule has 3 atom stereocenters. The number of methoxy groups -OCH3 is 2. The minimum atomic E-state index is -0.496. The standard InChI is InChI=1S/C15H23NO3/c1-18-12-8-6-11(7-9-12)14(17)10-16-13-4-3-5-15(13)19-2/h6-9,13-17H,3-5,10H2,1-2H3. The van der Waals surface area contributed by atoms with Gasteiger partial charge in [0.2, 0.25) is 0 Å². The summed E-state index contributed by atoms with van der Waals surface area (Å²) in [5, 5.41) is 13.6. The molecule has 1 fully saturated rings. The quantitative estimate of drug-likeness (QED) is 0.824. The fraction of sp³-hybridized carbons (Fsp3) is 0.600. The Morgan fingerprint density at radius 2 is 2.00 bits per heavy atom. The van der Waals surface area contributed by atoms with Gasteiger partial charge in [-0.2, -0.15) is 0 Å². The van der Waals surface area contributed by atoms with Crippen molar-refractivity contribution >= 4 is 0 Å². The summed E-state index contributed by atoms with van der Waals surface area (Å²) in [6, 6.07) is 7.89. The highest BCUT2D eigenvalue weighted by atomic mass is 16.5. The molecule has 2 rings (SSSR count). The van der Waals surface area contributed by atoms with Gasteiger partial charge in [-0.3, -0.25) is 0 Å². The number of rotatable bonds is 6. The third kappa shape index (κ3) is 3.69. The molecule has 0 aromatic heterocycles. The third-order valence-corrected chi connectivity index (χ3v) is 3.83. The van der Waals surface area contributed by atoms with Crippen molar-refractivity contribution in [3.05, 3.63) is 29.8 Å². The van der Waals surface area contributed by atoms with Crippen LogP contribution in [0.1, 0.15) is 30.9 Å². The van der Waals surface area contributed by atoms with Gasteiger partial charge in [0.25, 0.3) is 0 Å². The molecule has 1 aromatic carbocycles. The van der Waals surface area contributed by atoms with E-state index in [2.05, 4.69) is 5.32 Å². The Hall–Kier alpha value is -1.10. The molecule has 2 N–H and O–H groups in total. The van der Waals surface area contributed by atoms with Crippen LogP contribution in [0.2, 0.25) is 0 Å². The second kappa shape index (κ2) is 6.89. The third-order valence-electron chi connectivity index (χ3n) is 3.83. The number of benzene rings is 1. The van der Waals surface area contributed by atoms with Crippen LogP contribution in [0.4, 0.5) is 0 Å². The van der Waals surface area contributed by atoms with Gasteiger partial charge in [-0.05, 0) is 37.0 Å². The summed E-state index contributed by atoms with van der Waals surface area (Å²) in [6.07, 6.45) is 3.20. The molecule has 19 heavy (non-hydrogen) atoms. The summed E-state index contributed by atoms with van der Waals surface area (Å²) in [6.45, 7) is 0.552. The maximum atomic E-state index is 10.2. The van der Waals surface area contributed by atoms with Crippen molar-refractivity contribution in [2.24, 2.45) is 0 Å². The number of hydrogen-bond acceptors (Lipinski definition) is 4. The van der Waals surface area contributed by atoms with Crippen LogP contribution in [0.5, 0.6) is 5.75 Å². The van der Waals surface area contributed by atoms with Crippen molar-refractivity contribution in [2.45, 2.75) is 37.5 Å². The van der Waals surface area contributed by atoms with Crippen molar-refractivity contribution in [3.63, 3.8) is 0 Å². The van der Waals surface area contributed by atoms with E-state index in [1.165, 1.54) is 6.42 Å². The lowest BCUT2D eigenvalue weighted by Crippen LogP contribution is -2.39. The van der Waals surface area contributed by atoms with E-state index in [-0.39, 0.29) is 6.10 Å². The molecule has 0 heterocycles. The summed E-state index contributed by atoms with van der Waals surface area (Å²) < 4.78 is 10.5. The average Bonchev–Trinajstić information content (AvgIpc) is 2.92. The van der Waals surface area contributed by atoms with Crippen molar-refractivity contribution < 1.29 is 14.6 Å². The van der Waals surface area contributed by atoms with Crippen molar-refractivity contribution in [3.8, 4) is 5.75 Å². The number of hydrogen-bond donors (Lipinski definition) is 2. The molecular weight excluding hydrogens is 242 g/mol. The maximum absolute atomic E-state index is 10.2. The fourth-order valence-electron chi connectivity index (χ4n) is 2.65. The van der Waals surface area contributed by atoms with Gasteiger partial charge in [0.1, 0.15) is 5.75 Å². The molecular formula is C15H23NO3. The van der Waals surface area contributed by atoms with Gasteiger partial charge in [-0.25, -0.2) is 0 Å². The Balaban J connectivity index is 1.84. The predicted octanol–water partition coefficient (Wildman–Crippen LogP) is 1.89. The van der Waals surface area contributed by atoms with E-state index < -0.39 is 6.10 Å². The van der Waals surface area contributed by atoms with Crippen LogP contribution in [0.3, 0.4) is 0 Å².